The molecule has 0 aliphatic carbocycles. The first-order valence-electron chi connectivity index (χ1n) is 4.76. The van der Waals surface area contributed by atoms with E-state index in [9.17, 15) is 0 Å². The van der Waals surface area contributed by atoms with Gasteiger partial charge in [-0.25, -0.2) is 9.98 Å². The normalized spacial score (nSPS) is 13.1. The fourth-order valence-corrected chi connectivity index (χ4v) is 1.92. The third-order valence-electron chi connectivity index (χ3n) is 2.63. The van der Waals surface area contributed by atoms with E-state index in [0.717, 1.165) is 10.7 Å². The number of rotatable bonds is 0. The zero-order valence-electron chi connectivity index (χ0n) is 8.31. The summed E-state index contributed by atoms with van der Waals surface area (Å²) in [6, 6.07) is 8.22. The number of hydrogen-bond acceptors (Lipinski definition) is 2. The van der Waals surface area contributed by atoms with Crippen molar-refractivity contribution in [3.63, 3.8) is 0 Å². The fourth-order valence-electron chi connectivity index (χ4n) is 1.92. The van der Waals surface area contributed by atoms with Crippen LogP contribution >= 0.6 is 0 Å². The molecule has 72 valence electrons. The zero-order valence-corrected chi connectivity index (χ0v) is 8.31. The highest BCUT2D eigenvalue weighted by Gasteiger charge is 2.04. The van der Waals surface area contributed by atoms with Crippen molar-refractivity contribution in [1.29, 1.82) is 0 Å². The van der Waals surface area contributed by atoms with Crippen LogP contribution in [0, 0.1) is 0 Å². The molecule has 1 aromatic carbocycles. The Morgan fingerprint density at radius 3 is 3.07 bits per heavy atom. The van der Waals surface area contributed by atoms with Gasteiger partial charge in [-0.3, -0.25) is 0 Å². The smallest absolute Gasteiger partial charge is 0.143 e. The van der Waals surface area contributed by atoms with Crippen molar-refractivity contribution in [1.82, 2.24) is 4.57 Å². The minimum Gasteiger partial charge on any atom is -0.328 e. The van der Waals surface area contributed by atoms with Crippen LogP contribution in [0.1, 0.15) is 0 Å². The molecule has 1 aliphatic heterocycles. The third-order valence-corrected chi connectivity index (χ3v) is 2.63. The van der Waals surface area contributed by atoms with Gasteiger partial charge in [0.2, 0.25) is 0 Å². The van der Waals surface area contributed by atoms with Crippen LogP contribution in [-0.2, 0) is 7.05 Å². The standard InChI is InChI=1S/C12H9N3/c1-15-11-5-3-2-4-9(11)10-8-13-6-7-14-12(10)15/h2-5,7-8H,1H3. The maximum absolute atomic E-state index is 4.33. The van der Waals surface area contributed by atoms with Gasteiger partial charge in [0.1, 0.15) is 5.49 Å². The van der Waals surface area contributed by atoms with Crippen molar-refractivity contribution in [3.05, 3.63) is 41.2 Å². The molecule has 0 N–H and O–H groups in total. The Hall–Kier alpha value is -2.12. The molecule has 3 rings (SSSR count). The molecule has 0 radical (unpaired) electrons. The van der Waals surface area contributed by atoms with Crippen molar-refractivity contribution in [3.8, 4) is 0 Å². The summed E-state index contributed by atoms with van der Waals surface area (Å²) in [7, 11) is 2.01. The Balaban J connectivity index is 2.68. The Labute approximate surface area is 86.4 Å². The summed E-state index contributed by atoms with van der Waals surface area (Å²) in [5.74, 6) is 2.74. The van der Waals surface area contributed by atoms with E-state index >= 15 is 0 Å². The van der Waals surface area contributed by atoms with Crippen molar-refractivity contribution in [2.45, 2.75) is 0 Å². The molecular weight excluding hydrogens is 186 g/mol. The van der Waals surface area contributed by atoms with Gasteiger partial charge in [0.25, 0.3) is 0 Å². The average Bonchev–Trinajstić information content (AvgIpc) is 2.48. The van der Waals surface area contributed by atoms with Gasteiger partial charge in [0, 0.05) is 29.7 Å². The fraction of sp³-hybridized carbons (Fsp3) is 0.0833. The summed E-state index contributed by atoms with van der Waals surface area (Å²) in [6.45, 7) is 0. The van der Waals surface area contributed by atoms with Crippen LogP contribution in [0.3, 0.4) is 0 Å². The predicted molar refractivity (Wildman–Crippen MR) is 60.2 cm³/mol. The predicted octanol–water partition coefficient (Wildman–Crippen LogP) is 0.733. The van der Waals surface area contributed by atoms with E-state index in [1.54, 1.807) is 6.20 Å². The summed E-state index contributed by atoms with van der Waals surface area (Å²) in [6.07, 6.45) is 3.41. The first-order valence-corrected chi connectivity index (χ1v) is 4.76. The van der Waals surface area contributed by atoms with Gasteiger partial charge >= 0.3 is 0 Å². The lowest BCUT2D eigenvalue weighted by Gasteiger charge is -1.93. The second-order valence-electron chi connectivity index (χ2n) is 3.46. The van der Waals surface area contributed by atoms with E-state index in [0.29, 0.717) is 0 Å². The zero-order chi connectivity index (χ0) is 10.3. The van der Waals surface area contributed by atoms with Crippen LogP contribution in [0.5, 0.6) is 0 Å². The topological polar surface area (TPSA) is 29.6 Å². The second kappa shape index (κ2) is 2.94. The molecule has 0 bridgehead atoms. The quantitative estimate of drug-likeness (QED) is 0.593. The van der Waals surface area contributed by atoms with Gasteiger partial charge in [-0.15, -0.1) is 0 Å². The number of nitrogens with zero attached hydrogens (tertiary/aromatic N) is 3. The molecule has 0 atom stereocenters. The molecule has 2 aromatic rings. The number of aryl methyl sites for hydroxylation is 1. The molecule has 0 spiro atoms. The highest BCUT2D eigenvalue weighted by molar-refractivity contribution is 5.81. The summed E-state index contributed by atoms with van der Waals surface area (Å²) < 4.78 is 2.07. The number of aliphatic imine (C=N–C) groups is 1. The van der Waals surface area contributed by atoms with Crippen molar-refractivity contribution in [2.75, 3.05) is 0 Å². The summed E-state index contributed by atoms with van der Waals surface area (Å²) >= 11 is 0. The van der Waals surface area contributed by atoms with Gasteiger partial charge in [0.05, 0.1) is 11.7 Å². The molecule has 3 nitrogen and oxygen atoms in total. The summed E-state index contributed by atoms with van der Waals surface area (Å²) in [4.78, 5) is 8.36. The molecule has 0 unspecified atom stereocenters. The van der Waals surface area contributed by atoms with E-state index in [1.165, 1.54) is 10.9 Å². The first-order chi connectivity index (χ1) is 7.38. The molecule has 0 amide bonds. The molecule has 0 saturated heterocycles. The van der Waals surface area contributed by atoms with Crippen LogP contribution in [0.2, 0.25) is 0 Å². The molecule has 0 saturated carbocycles. The van der Waals surface area contributed by atoms with Gasteiger partial charge < -0.3 is 4.57 Å². The van der Waals surface area contributed by atoms with Crippen molar-refractivity contribution in [2.24, 2.45) is 17.0 Å². The highest BCUT2D eigenvalue weighted by Crippen LogP contribution is 2.06. The van der Waals surface area contributed by atoms with Crippen LogP contribution in [0.4, 0.5) is 0 Å². The molecule has 2 heterocycles. The lowest BCUT2D eigenvalue weighted by molar-refractivity contribution is 0.888. The molecular formula is C12H9N3. The Bertz CT molecular complexity index is 713. The Morgan fingerprint density at radius 2 is 2.13 bits per heavy atom. The lowest BCUT2D eigenvalue weighted by Crippen LogP contribution is -2.27. The monoisotopic (exact) mass is 195 g/mol. The van der Waals surface area contributed by atoms with Crippen molar-refractivity contribution >= 4 is 23.0 Å². The summed E-state index contributed by atoms with van der Waals surface area (Å²) in [5.41, 5.74) is 2.11. The van der Waals surface area contributed by atoms with Crippen LogP contribution in [0.25, 0.3) is 17.1 Å². The molecule has 3 heteroatoms. The van der Waals surface area contributed by atoms with Crippen LogP contribution in [0.15, 0.2) is 40.5 Å². The molecule has 0 fully saturated rings. The maximum atomic E-state index is 4.33. The number of hydrogen-bond donors (Lipinski definition) is 0. The van der Waals surface area contributed by atoms with Crippen LogP contribution in [-0.4, -0.2) is 10.4 Å². The van der Waals surface area contributed by atoms with Crippen molar-refractivity contribution < 1.29 is 0 Å². The van der Waals surface area contributed by atoms with E-state index in [2.05, 4.69) is 32.6 Å². The number of benzene rings is 1. The van der Waals surface area contributed by atoms with Crippen LogP contribution < -0.4 is 10.7 Å². The third kappa shape index (κ3) is 1.07. The van der Waals surface area contributed by atoms with E-state index < -0.39 is 0 Å². The van der Waals surface area contributed by atoms with Gasteiger partial charge in [0.15, 0.2) is 0 Å². The number of fused-ring (bicyclic) bond motifs is 3. The van der Waals surface area contributed by atoms with Gasteiger partial charge in [-0.2, -0.15) is 0 Å². The average molecular weight is 195 g/mol. The number of aromatic nitrogens is 1. The highest BCUT2D eigenvalue weighted by atomic mass is 15.0. The largest absolute Gasteiger partial charge is 0.328 e. The Kier molecular flexibility index (Phi) is 1.61. The molecule has 1 aliphatic rings. The SMILES string of the molecule is Cn1c2c(c3ccccc31)=CN=C=CN=2. The molecule has 1 aromatic heterocycles. The van der Waals surface area contributed by atoms with Gasteiger partial charge in [-0.1, -0.05) is 18.2 Å². The Morgan fingerprint density at radius 1 is 1.27 bits per heavy atom. The van der Waals surface area contributed by atoms with Gasteiger partial charge in [-0.05, 0) is 6.07 Å². The van der Waals surface area contributed by atoms with E-state index in [4.69, 9.17) is 0 Å². The van der Waals surface area contributed by atoms with E-state index in [-0.39, 0.29) is 0 Å². The summed E-state index contributed by atoms with van der Waals surface area (Å²) in [5, 5.41) is 2.24. The minimum absolute atomic E-state index is 0.935. The maximum Gasteiger partial charge on any atom is 0.143 e. The van der Waals surface area contributed by atoms with E-state index in [1.807, 2.05) is 25.4 Å². The second-order valence-corrected chi connectivity index (χ2v) is 3.46. The minimum atomic E-state index is 0.935. The lowest BCUT2D eigenvalue weighted by atomic mass is 10.2. The number of para-hydroxylation sites is 1. The first kappa shape index (κ1) is 8.21. The molecule has 15 heavy (non-hydrogen) atoms.